The molecule has 0 atom stereocenters. The van der Waals surface area contributed by atoms with Crippen LogP contribution in [0, 0.1) is 0 Å². The van der Waals surface area contributed by atoms with Crippen molar-refractivity contribution in [1.82, 2.24) is 9.97 Å². The van der Waals surface area contributed by atoms with Gasteiger partial charge in [0.15, 0.2) is 0 Å². The van der Waals surface area contributed by atoms with Gasteiger partial charge in [-0.25, -0.2) is 4.98 Å². The van der Waals surface area contributed by atoms with E-state index in [2.05, 4.69) is 9.97 Å². The van der Waals surface area contributed by atoms with Crippen molar-refractivity contribution in [2.24, 2.45) is 0 Å². The highest BCUT2D eigenvalue weighted by Gasteiger charge is 2.17. The van der Waals surface area contributed by atoms with Crippen LogP contribution >= 0.6 is 11.6 Å². The van der Waals surface area contributed by atoms with Crippen LogP contribution in [-0.4, -0.2) is 21.5 Å². The summed E-state index contributed by atoms with van der Waals surface area (Å²) in [6, 6.07) is 1.14. The van der Waals surface area contributed by atoms with Crippen LogP contribution in [0.15, 0.2) is 10.9 Å². The van der Waals surface area contributed by atoms with Gasteiger partial charge in [-0.3, -0.25) is 9.59 Å². The Morgan fingerprint density at radius 1 is 1.56 bits per heavy atom. The molecular formula is C10H13ClN2O3. The molecule has 0 radical (unpaired) electrons. The Bertz CT molecular complexity index is 448. The van der Waals surface area contributed by atoms with Crippen molar-refractivity contribution in [3.63, 3.8) is 0 Å². The summed E-state index contributed by atoms with van der Waals surface area (Å²) in [5, 5.41) is 0.0577. The molecule has 0 spiro atoms. The van der Waals surface area contributed by atoms with Gasteiger partial charge in [-0.15, -0.1) is 0 Å². The number of hydrogen-bond acceptors (Lipinski definition) is 4. The molecule has 5 nitrogen and oxygen atoms in total. The minimum atomic E-state index is -0.560. The van der Waals surface area contributed by atoms with Crippen molar-refractivity contribution < 1.29 is 9.53 Å². The van der Waals surface area contributed by atoms with Gasteiger partial charge in [-0.05, 0) is 20.8 Å². The monoisotopic (exact) mass is 244 g/mol. The minimum absolute atomic E-state index is 0.0577. The molecule has 1 rings (SSSR count). The van der Waals surface area contributed by atoms with Crippen LogP contribution in [0.2, 0.25) is 5.15 Å². The lowest BCUT2D eigenvalue weighted by molar-refractivity contribution is -0.154. The van der Waals surface area contributed by atoms with Crippen LogP contribution in [0.4, 0.5) is 0 Å². The SMILES string of the molecule is CC(C)(C)OC(=O)Cc1nc(Cl)cc(=O)[nH]1. The highest BCUT2D eigenvalue weighted by molar-refractivity contribution is 6.29. The number of hydrogen-bond donors (Lipinski definition) is 1. The predicted octanol–water partition coefficient (Wildman–Crippen LogP) is 1.31. The zero-order valence-corrected chi connectivity index (χ0v) is 10.1. The third-order valence-electron chi connectivity index (χ3n) is 1.49. The summed E-state index contributed by atoms with van der Waals surface area (Å²) in [5.41, 5.74) is -0.950. The average Bonchev–Trinajstić information content (AvgIpc) is 1.96. The van der Waals surface area contributed by atoms with E-state index in [1.807, 2.05) is 0 Å². The summed E-state index contributed by atoms with van der Waals surface area (Å²) in [6.45, 7) is 5.29. The quantitative estimate of drug-likeness (QED) is 0.629. The largest absolute Gasteiger partial charge is 0.460 e. The van der Waals surface area contributed by atoms with Crippen molar-refractivity contribution in [3.8, 4) is 0 Å². The van der Waals surface area contributed by atoms with Crippen molar-refractivity contribution in [1.29, 1.82) is 0 Å². The lowest BCUT2D eigenvalue weighted by Crippen LogP contribution is -2.26. The molecule has 0 saturated heterocycles. The van der Waals surface area contributed by atoms with Gasteiger partial charge in [-0.2, -0.15) is 0 Å². The van der Waals surface area contributed by atoms with Crippen molar-refractivity contribution in [3.05, 3.63) is 27.4 Å². The van der Waals surface area contributed by atoms with Gasteiger partial charge in [0.25, 0.3) is 5.56 Å². The molecule has 6 heteroatoms. The molecule has 0 aliphatic heterocycles. The van der Waals surface area contributed by atoms with E-state index in [0.717, 1.165) is 6.07 Å². The highest BCUT2D eigenvalue weighted by Crippen LogP contribution is 2.08. The fourth-order valence-corrected chi connectivity index (χ4v) is 1.27. The first-order valence-corrected chi connectivity index (χ1v) is 5.12. The van der Waals surface area contributed by atoms with Crippen molar-refractivity contribution in [2.45, 2.75) is 32.8 Å². The number of halogens is 1. The molecule has 1 aromatic heterocycles. The molecule has 0 unspecified atom stereocenters. The highest BCUT2D eigenvalue weighted by atomic mass is 35.5. The van der Waals surface area contributed by atoms with Gasteiger partial charge < -0.3 is 9.72 Å². The van der Waals surface area contributed by atoms with E-state index in [4.69, 9.17) is 16.3 Å². The molecule has 16 heavy (non-hydrogen) atoms. The maximum absolute atomic E-state index is 11.4. The van der Waals surface area contributed by atoms with E-state index in [9.17, 15) is 9.59 Å². The molecule has 0 amide bonds. The molecule has 1 N–H and O–H groups in total. The Morgan fingerprint density at radius 3 is 2.69 bits per heavy atom. The predicted molar refractivity (Wildman–Crippen MR) is 59.4 cm³/mol. The summed E-state index contributed by atoms with van der Waals surface area (Å²) in [6.07, 6.45) is -0.104. The van der Waals surface area contributed by atoms with Crippen LogP contribution in [0.1, 0.15) is 26.6 Å². The van der Waals surface area contributed by atoms with Crippen LogP contribution in [-0.2, 0) is 16.0 Å². The van der Waals surface area contributed by atoms with Gasteiger partial charge in [0.2, 0.25) is 0 Å². The summed E-state index contributed by atoms with van der Waals surface area (Å²) in [4.78, 5) is 28.7. The number of aromatic nitrogens is 2. The Hall–Kier alpha value is -1.36. The smallest absolute Gasteiger partial charge is 0.313 e. The molecule has 0 aliphatic rings. The standard InChI is InChI=1S/C10H13ClN2O3/c1-10(2,3)16-9(15)5-7-12-6(11)4-8(14)13-7/h4H,5H2,1-3H3,(H,12,13,14). The maximum atomic E-state index is 11.4. The first-order valence-electron chi connectivity index (χ1n) is 4.74. The van der Waals surface area contributed by atoms with Crippen LogP contribution in [0.5, 0.6) is 0 Å². The molecular weight excluding hydrogens is 232 g/mol. The van der Waals surface area contributed by atoms with Crippen molar-refractivity contribution in [2.75, 3.05) is 0 Å². The van der Waals surface area contributed by atoms with Crippen LogP contribution in [0.3, 0.4) is 0 Å². The van der Waals surface area contributed by atoms with Gasteiger partial charge in [0.1, 0.15) is 23.0 Å². The second kappa shape index (κ2) is 4.65. The summed E-state index contributed by atoms with van der Waals surface area (Å²) >= 11 is 5.58. The average molecular weight is 245 g/mol. The van der Waals surface area contributed by atoms with Crippen LogP contribution in [0.25, 0.3) is 0 Å². The maximum Gasteiger partial charge on any atom is 0.313 e. The Balaban J connectivity index is 2.74. The number of nitrogens with zero attached hydrogens (tertiary/aromatic N) is 1. The fraction of sp³-hybridized carbons (Fsp3) is 0.500. The minimum Gasteiger partial charge on any atom is -0.460 e. The number of ether oxygens (including phenoxy) is 1. The Kier molecular flexibility index (Phi) is 3.70. The summed E-state index contributed by atoms with van der Waals surface area (Å²) in [7, 11) is 0. The number of nitrogens with one attached hydrogen (secondary N) is 1. The summed E-state index contributed by atoms with van der Waals surface area (Å²) in [5.74, 6) is -0.260. The van der Waals surface area contributed by atoms with E-state index in [1.165, 1.54) is 0 Å². The molecule has 1 heterocycles. The number of carbonyl (C=O) groups excluding carboxylic acids is 1. The Labute approximate surface area is 97.8 Å². The molecule has 0 aliphatic carbocycles. The van der Waals surface area contributed by atoms with Gasteiger partial charge in [0, 0.05) is 6.07 Å². The van der Waals surface area contributed by atoms with Gasteiger partial charge in [0.05, 0.1) is 0 Å². The number of rotatable bonds is 2. The van der Waals surface area contributed by atoms with Crippen molar-refractivity contribution >= 4 is 17.6 Å². The van der Waals surface area contributed by atoms with E-state index in [1.54, 1.807) is 20.8 Å². The normalized spacial score (nSPS) is 11.2. The molecule has 0 saturated carbocycles. The molecule has 0 aromatic carbocycles. The molecule has 1 aromatic rings. The number of aromatic amines is 1. The van der Waals surface area contributed by atoms with Gasteiger partial charge in [-0.1, -0.05) is 11.6 Å². The zero-order chi connectivity index (χ0) is 12.3. The third-order valence-corrected chi connectivity index (χ3v) is 1.68. The van der Waals surface area contributed by atoms with E-state index >= 15 is 0 Å². The number of H-pyrrole nitrogens is 1. The lowest BCUT2D eigenvalue weighted by atomic mass is 10.2. The Morgan fingerprint density at radius 2 is 2.19 bits per heavy atom. The van der Waals surface area contributed by atoms with E-state index < -0.39 is 17.1 Å². The third kappa shape index (κ3) is 4.44. The number of carbonyl (C=O) groups is 1. The van der Waals surface area contributed by atoms with Gasteiger partial charge >= 0.3 is 5.97 Å². The van der Waals surface area contributed by atoms with Crippen LogP contribution < -0.4 is 5.56 Å². The number of esters is 1. The second-order valence-electron chi connectivity index (χ2n) is 4.28. The molecule has 88 valence electrons. The van der Waals surface area contributed by atoms with E-state index in [0.29, 0.717) is 0 Å². The zero-order valence-electron chi connectivity index (χ0n) is 9.33. The molecule has 0 bridgehead atoms. The van der Waals surface area contributed by atoms with E-state index in [-0.39, 0.29) is 17.4 Å². The second-order valence-corrected chi connectivity index (χ2v) is 4.67. The first kappa shape index (κ1) is 12.7. The summed E-state index contributed by atoms with van der Waals surface area (Å²) < 4.78 is 5.08. The first-order chi connectivity index (χ1) is 7.26. The lowest BCUT2D eigenvalue weighted by Gasteiger charge is -2.19. The fourth-order valence-electron chi connectivity index (χ4n) is 1.07. The molecule has 0 fully saturated rings. The topological polar surface area (TPSA) is 72.0 Å².